The number of hydrogen-bond acceptors (Lipinski definition) is 5. The Kier molecular flexibility index (Phi) is 8.27. The molecule has 0 N–H and O–H groups in total. The number of halogens is 1. The zero-order chi connectivity index (χ0) is 27.5. The molecular formula is C33H36ClNO4. The van der Waals surface area contributed by atoms with E-state index in [1.54, 1.807) is 0 Å². The van der Waals surface area contributed by atoms with Crippen LogP contribution in [0.3, 0.4) is 0 Å². The highest BCUT2D eigenvalue weighted by Crippen LogP contribution is 2.50. The molecule has 2 aromatic carbocycles. The van der Waals surface area contributed by atoms with Crippen molar-refractivity contribution in [3.63, 3.8) is 0 Å². The highest BCUT2D eigenvalue weighted by Gasteiger charge is 2.43. The summed E-state index contributed by atoms with van der Waals surface area (Å²) in [7, 11) is 0. The van der Waals surface area contributed by atoms with E-state index in [9.17, 15) is 9.59 Å². The average Bonchev–Trinajstić information content (AvgIpc) is 2.93. The first-order valence-electron chi connectivity index (χ1n) is 14.0. The monoisotopic (exact) mass is 545 g/mol. The number of carbonyl (C=O) groups excluding carboxylic acids is 2. The molecule has 39 heavy (non-hydrogen) atoms. The lowest BCUT2D eigenvalue weighted by Crippen LogP contribution is -2.39. The highest BCUT2D eigenvalue weighted by atomic mass is 35.5. The van der Waals surface area contributed by atoms with Gasteiger partial charge in [0.2, 0.25) is 0 Å². The second kappa shape index (κ2) is 11.8. The molecule has 0 spiro atoms. The van der Waals surface area contributed by atoms with Crippen molar-refractivity contribution in [2.45, 2.75) is 71.3 Å². The predicted octanol–water partition coefficient (Wildman–Crippen LogP) is 7.48. The molecule has 0 saturated heterocycles. The molecular weight excluding hydrogens is 510 g/mol. The third-order valence-electron chi connectivity index (χ3n) is 7.85. The van der Waals surface area contributed by atoms with Crippen molar-refractivity contribution in [1.29, 1.82) is 0 Å². The summed E-state index contributed by atoms with van der Waals surface area (Å²) >= 11 is 6.06. The van der Waals surface area contributed by atoms with Gasteiger partial charge in [-0.25, -0.2) is 0 Å². The molecule has 0 bridgehead atoms. The molecule has 0 amide bonds. The summed E-state index contributed by atoms with van der Waals surface area (Å²) in [6.07, 6.45) is 6.86. The SMILES string of the molecule is C=CCc1cc(C2C3=C(CCCC3=O)N(CC)C3=C2C(=O)CCC3)cc(OCC)c1OCc1ccc(Cl)cc1. The number of ketones is 2. The lowest BCUT2D eigenvalue weighted by molar-refractivity contribution is -0.117. The number of allylic oxidation sites excluding steroid dienone is 5. The topological polar surface area (TPSA) is 55.8 Å². The quantitative estimate of drug-likeness (QED) is 0.306. The molecule has 204 valence electrons. The van der Waals surface area contributed by atoms with Crippen LogP contribution in [0, 0.1) is 0 Å². The maximum Gasteiger partial charge on any atom is 0.165 e. The maximum atomic E-state index is 13.5. The van der Waals surface area contributed by atoms with Crippen LogP contribution in [0.5, 0.6) is 11.5 Å². The van der Waals surface area contributed by atoms with Crippen LogP contribution >= 0.6 is 11.6 Å². The summed E-state index contributed by atoms with van der Waals surface area (Å²) in [6, 6.07) is 11.7. The van der Waals surface area contributed by atoms with E-state index in [0.29, 0.717) is 49.0 Å². The van der Waals surface area contributed by atoms with Gasteiger partial charge in [0.25, 0.3) is 0 Å². The lowest BCUT2D eigenvalue weighted by Gasteiger charge is -2.43. The molecule has 0 aromatic heterocycles. The predicted molar refractivity (Wildman–Crippen MR) is 154 cm³/mol. The Hall–Kier alpha value is -3.31. The van der Waals surface area contributed by atoms with Crippen molar-refractivity contribution in [3.8, 4) is 11.5 Å². The summed E-state index contributed by atoms with van der Waals surface area (Å²) in [5.41, 5.74) is 6.60. The van der Waals surface area contributed by atoms with Gasteiger partial charge in [-0.3, -0.25) is 9.59 Å². The second-order valence-corrected chi connectivity index (χ2v) is 10.7. The van der Waals surface area contributed by atoms with Crippen LogP contribution in [0.4, 0.5) is 0 Å². The molecule has 0 radical (unpaired) electrons. The first-order valence-corrected chi connectivity index (χ1v) is 14.4. The number of nitrogens with zero attached hydrogens (tertiary/aromatic N) is 1. The number of carbonyl (C=O) groups is 2. The molecule has 2 aliphatic carbocycles. The number of rotatable bonds is 9. The van der Waals surface area contributed by atoms with Gasteiger partial charge in [0.1, 0.15) is 6.61 Å². The maximum absolute atomic E-state index is 13.5. The van der Waals surface area contributed by atoms with Gasteiger partial charge in [0.15, 0.2) is 23.1 Å². The third-order valence-corrected chi connectivity index (χ3v) is 8.10. The Bertz CT molecular complexity index is 1310. The van der Waals surface area contributed by atoms with Crippen LogP contribution in [-0.2, 0) is 22.6 Å². The fourth-order valence-corrected chi connectivity index (χ4v) is 6.38. The molecule has 5 nitrogen and oxygen atoms in total. The van der Waals surface area contributed by atoms with Crippen molar-refractivity contribution >= 4 is 23.2 Å². The fourth-order valence-electron chi connectivity index (χ4n) is 6.25. The van der Waals surface area contributed by atoms with E-state index < -0.39 is 0 Å². The summed E-state index contributed by atoms with van der Waals surface area (Å²) in [6.45, 7) is 9.60. The highest BCUT2D eigenvalue weighted by molar-refractivity contribution is 6.30. The summed E-state index contributed by atoms with van der Waals surface area (Å²) < 4.78 is 12.5. The van der Waals surface area contributed by atoms with E-state index in [1.807, 2.05) is 43.3 Å². The Morgan fingerprint density at radius 1 is 0.949 bits per heavy atom. The van der Waals surface area contributed by atoms with E-state index >= 15 is 0 Å². The number of Topliss-reactive ketones (excluding diaryl/α,β-unsaturated/α-hetero) is 2. The van der Waals surface area contributed by atoms with Gasteiger partial charge in [-0.2, -0.15) is 0 Å². The minimum atomic E-state index is -0.383. The first-order chi connectivity index (χ1) is 19.0. The lowest BCUT2D eigenvalue weighted by atomic mass is 9.70. The summed E-state index contributed by atoms with van der Waals surface area (Å²) in [4.78, 5) is 29.3. The molecule has 5 rings (SSSR count). The molecule has 3 aliphatic rings. The minimum Gasteiger partial charge on any atom is -0.490 e. The molecule has 0 saturated carbocycles. The number of hydrogen-bond donors (Lipinski definition) is 0. The molecule has 6 heteroatoms. The Morgan fingerprint density at radius 3 is 2.15 bits per heavy atom. The standard InChI is InChI=1S/C33H36ClNO4/c1-4-9-22-18-23(19-29(38-6-3)33(22)39-20-21-14-16-24(34)17-15-21)30-31-25(10-7-12-27(31)36)35(5-2)26-11-8-13-28(37)32(26)30/h4,14-19,30H,1,5-13,20H2,2-3H3. The molecule has 1 aliphatic heterocycles. The van der Waals surface area contributed by atoms with Crippen molar-refractivity contribution in [3.05, 3.63) is 93.3 Å². The molecule has 1 heterocycles. The van der Waals surface area contributed by atoms with Crippen LogP contribution in [0.25, 0.3) is 0 Å². The van der Waals surface area contributed by atoms with Gasteiger partial charge in [0, 0.05) is 58.4 Å². The Labute approximate surface area is 236 Å². The van der Waals surface area contributed by atoms with Crippen molar-refractivity contribution in [2.24, 2.45) is 0 Å². The van der Waals surface area contributed by atoms with Gasteiger partial charge < -0.3 is 14.4 Å². The Morgan fingerprint density at radius 2 is 1.59 bits per heavy atom. The summed E-state index contributed by atoms with van der Waals surface area (Å²) in [5.74, 6) is 1.20. The van der Waals surface area contributed by atoms with Gasteiger partial charge in [-0.15, -0.1) is 6.58 Å². The zero-order valence-corrected chi connectivity index (χ0v) is 23.6. The molecule has 0 fully saturated rings. The molecule has 2 aromatic rings. The smallest absolute Gasteiger partial charge is 0.165 e. The Balaban J connectivity index is 1.65. The van der Waals surface area contributed by atoms with E-state index in [0.717, 1.165) is 71.5 Å². The second-order valence-electron chi connectivity index (χ2n) is 10.3. The molecule has 0 atom stereocenters. The zero-order valence-electron chi connectivity index (χ0n) is 22.9. The van der Waals surface area contributed by atoms with Crippen molar-refractivity contribution in [2.75, 3.05) is 13.2 Å². The van der Waals surface area contributed by atoms with Gasteiger partial charge in [-0.05, 0) is 75.3 Å². The van der Waals surface area contributed by atoms with Crippen LogP contribution < -0.4 is 9.47 Å². The van der Waals surface area contributed by atoms with Gasteiger partial charge in [0.05, 0.1) is 6.61 Å². The average molecular weight is 546 g/mol. The number of benzene rings is 2. The minimum absolute atomic E-state index is 0.149. The van der Waals surface area contributed by atoms with Crippen molar-refractivity contribution < 1.29 is 19.1 Å². The largest absolute Gasteiger partial charge is 0.490 e. The normalized spacial score (nSPS) is 17.8. The van der Waals surface area contributed by atoms with Crippen molar-refractivity contribution in [1.82, 2.24) is 4.90 Å². The third kappa shape index (κ3) is 5.29. The van der Waals surface area contributed by atoms with E-state index in [1.165, 1.54) is 0 Å². The van der Waals surface area contributed by atoms with Gasteiger partial charge >= 0.3 is 0 Å². The molecule has 0 unspecified atom stereocenters. The number of ether oxygens (including phenoxy) is 2. The van der Waals surface area contributed by atoms with E-state index in [-0.39, 0.29) is 17.5 Å². The van der Waals surface area contributed by atoms with Crippen LogP contribution in [0.2, 0.25) is 5.02 Å². The fraction of sp³-hybridized carbons (Fsp3) is 0.394. The van der Waals surface area contributed by atoms with E-state index in [2.05, 4.69) is 24.5 Å². The van der Waals surface area contributed by atoms with Crippen LogP contribution in [-0.4, -0.2) is 29.6 Å². The van der Waals surface area contributed by atoms with Gasteiger partial charge in [-0.1, -0.05) is 35.9 Å². The van der Waals surface area contributed by atoms with Crippen LogP contribution in [0.15, 0.2) is 71.6 Å². The van der Waals surface area contributed by atoms with Crippen LogP contribution in [0.1, 0.15) is 75.0 Å². The van der Waals surface area contributed by atoms with E-state index in [4.69, 9.17) is 21.1 Å². The summed E-state index contributed by atoms with van der Waals surface area (Å²) in [5, 5.41) is 0.677. The first kappa shape index (κ1) is 27.3.